The van der Waals surface area contributed by atoms with Gasteiger partial charge in [-0.2, -0.15) is 0 Å². The van der Waals surface area contributed by atoms with Crippen LogP contribution in [0.2, 0.25) is 0 Å². The average molecular weight is 265 g/mol. The monoisotopic (exact) mass is 265 g/mol. The van der Waals surface area contributed by atoms with Crippen molar-refractivity contribution in [3.63, 3.8) is 0 Å². The summed E-state index contributed by atoms with van der Waals surface area (Å²) >= 11 is 0. The van der Waals surface area contributed by atoms with Crippen molar-refractivity contribution in [1.29, 1.82) is 0 Å². The quantitative estimate of drug-likeness (QED) is 0.607. The minimum absolute atomic E-state index is 0.0431. The van der Waals surface area contributed by atoms with Crippen molar-refractivity contribution in [2.24, 2.45) is 0 Å². The lowest BCUT2D eigenvalue weighted by Gasteiger charge is -2.40. The third-order valence-corrected chi connectivity index (χ3v) is 5.12. The summed E-state index contributed by atoms with van der Waals surface area (Å²) in [6, 6.07) is 0.425. The van der Waals surface area contributed by atoms with Gasteiger partial charge in [0, 0.05) is 7.11 Å². The van der Waals surface area contributed by atoms with E-state index in [9.17, 15) is 0 Å². The molecule has 0 aromatic carbocycles. The molecule has 1 saturated carbocycles. The molecule has 0 saturated heterocycles. The molecule has 1 unspecified atom stereocenters. The smallest absolute Gasteiger partial charge is 0.0869 e. The van der Waals surface area contributed by atoms with Gasteiger partial charge in [-0.15, -0.1) is 0 Å². The maximum atomic E-state index is 6.10. The molecule has 2 rings (SSSR count). The fraction of sp³-hybridized carbons (Fsp3) is 0.882. The summed E-state index contributed by atoms with van der Waals surface area (Å²) in [7, 11) is 4.04. The van der Waals surface area contributed by atoms with Crippen molar-refractivity contribution in [2.75, 3.05) is 14.2 Å². The molecule has 0 aromatic heterocycles. The fourth-order valence-electron chi connectivity index (χ4n) is 4.03. The third-order valence-electron chi connectivity index (χ3n) is 5.12. The van der Waals surface area contributed by atoms with Crippen LogP contribution in [-0.4, -0.2) is 25.8 Å². The van der Waals surface area contributed by atoms with Crippen LogP contribution in [0.5, 0.6) is 0 Å². The number of ether oxygens (including phenoxy) is 1. The Bertz CT molecular complexity index is 290. The topological polar surface area (TPSA) is 21.3 Å². The molecule has 1 N–H and O–H groups in total. The summed E-state index contributed by atoms with van der Waals surface area (Å²) in [4.78, 5) is 0. The lowest BCUT2D eigenvalue weighted by Crippen LogP contribution is -2.51. The number of nitrogens with one attached hydrogen (secondary N) is 1. The van der Waals surface area contributed by atoms with Gasteiger partial charge < -0.3 is 10.1 Å². The summed E-state index contributed by atoms with van der Waals surface area (Å²) in [6.45, 7) is 0. The molecule has 2 aliphatic carbocycles. The van der Waals surface area contributed by atoms with Gasteiger partial charge in [0.25, 0.3) is 0 Å². The summed E-state index contributed by atoms with van der Waals surface area (Å²) in [5, 5.41) is 3.60. The van der Waals surface area contributed by atoms with Gasteiger partial charge in [-0.25, -0.2) is 0 Å². The first-order valence-electron chi connectivity index (χ1n) is 8.24. The van der Waals surface area contributed by atoms with E-state index in [4.69, 9.17) is 4.74 Å². The molecule has 0 amide bonds. The van der Waals surface area contributed by atoms with E-state index < -0.39 is 0 Å². The maximum absolute atomic E-state index is 6.10. The van der Waals surface area contributed by atoms with E-state index in [-0.39, 0.29) is 5.60 Å². The Balaban J connectivity index is 2.18. The summed E-state index contributed by atoms with van der Waals surface area (Å²) in [5.74, 6) is 0. The molecule has 0 aliphatic heterocycles. The predicted molar refractivity (Wildman–Crippen MR) is 81.5 cm³/mol. The fourth-order valence-corrected chi connectivity index (χ4v) is 4.03. The highest BCUT2D eigenvalue weighted by Crippen LogP contribution is 2.37. The van der Waals surface area contributed by atoms with Crippen LogP contribution in [0, 0.1) is 0 Å². The number of likely N-dealkylation sites (N-methyl/N-ethyl adjacent to an activating group) is 1. The van der Waals surface area contributed by atoms with Crippen molar-refractivity contribution in [1.82, 2.24) is 5.32 Å². The highest BCUT2D eigenvalue weighted by molar-refractivity contribution is 5.19. The highest BCUT2D eigenvalue weighted by atomic mass is 16.5. The first-order valence-corrected chi connectivity index (χ1v) is 8.24. The van der Waals surface area contributed by atoms with Crippen LogP contribution in [0.4, 0.5) is 0 Å². The summed E-state index contributed by atoms with van der Waals surface area (Å²) in [5.41, 5.74) is 1.66. The second-order valence-electron chi connectivity index (χ2n) is 6.28. The molecule has 1 atom stereocenters. The van der Waals surface area contributed by atoms with Gasteiger partial charge in [0.05, 0.1) is 11.6 Å². The Morgan fingerprint density at radius 3 is 2.37 bits per heavy atom. The van der Waals surface area contributed by atoms with Crippen molar-refractivity contribution in [2.45, 2.75) is 82.3 Å². The van der Waals surface area contributed by atoms with E-state index in [0.29, 0.717) is 6.04 Å². The van der Waals surface area contributed by atoms with E-state index in [1.165, 1.54) is 70.6 Å². The Labute approximate surface area is 119 Å². The SMILES string of the molecule is CNC(C1=CCCCCC1)C1(OC)CCCCCC1. The molecule has 1 fully saturated rings. The molecule has 19 heavy (non-hydrogen) atoms. The number of allylic oxidation sites excluding steroid dienone is 1. The van der Waals surface area contributed by atoms with Crippen LogP contribution < -0.4 is 5.32 Å². The third kappa shape index (κ3) is 3.61. The molecule has 110 valence electrons. The molecule has 2 heteroatoms. The van der Waals surface area contributed by atoms with Gasteiger partial charge >= 0.3 is 0 Å². The van der Waals surface area contributed by atoms with Gasteiger partial charge in [-0.1, -0.05) is 43.8 Å². The van der Waals surface area contributed by atoms with Crippen LogP contribution in [0.3, 0.4) is 0 Å². The van der Waals surface area contributed by atoms with Gasteiger partial charge in [0.2, 0.25) is 0 Å². The Morgan fingerprint density at radius 1 is 1.05 bits per heavy atom. The number of rotatable bonds is 4. The summed E-state index contributed by atoms with van der Waals surface area (Å²) < 4.78 is 6.10. The molecule has 2 nitrogen and oxygen atoms in total. The van der Waals surface area contributed by atoms with E-state index in [1.807, 2.05) is 7.11 Å². The molecule has 0 spiro atoms. The van der Waals surface area contributed by atoms with Crippen molar-refractivity contribution in [3.8, 4) is 0 Å². The van der Waals surface area contributed by atoms with Gasteiger partial charge in [-0.3, -0.25) is 0 Å². The minimum Gasteiger partial charge on any atom is -0.376 e. The maximum Gasteiger partial charge on any atom is 0.0869 e. The zero-order chi connectivity index (χ0) is 13.6. The zero-order valence-electron chi connectivity index (χ0n) is 12.8. The number of hydrogen-bond donors (Lipinski definition) is 1. The standard InChI is InChI=1S/C17H31NO/c1-18-16(15-11-7-3-4-8-12-15)17(19-2)13-9-5-6-10-14-17/h11,16,18H,3-10,12-14H2,1-2H3. The second kappa shape index (κ2) is 7.44. The molecule has 0 radical (unpaired) electrons. The first-order chi connectivity index (χ1) is 9.32. The van der Waals surface area contributed by atoms with Crippen molar-refractivity contribution < 1.29 is 4.74 Å². The van der Waals surface area contributed by atoms with Crippen LogP contribution in [-0.2, 0) is 4.74 Å². The molecular weight excluding hydrogens is 234 g/mol. The molecular formula is C17H31NO. The minimum atomic E-state index is 0.0431. The average Bonchev–Trinajstić information content (AvgIpc) is 2.83. The predicted octanol–water partition coefficient (Wildman–Crippen LogP) is 4.20. The van der Waals surface area contributed by atoms with Crippen molar-refractivity contribution in [3.05, 3.63) is 11.6 Å². The normalized spacial score (nSPS) is 26.1. The van der Waals surface area contributed by atoms with Gasteiger partial charge in [0.15, 0.2) is 0 Å². The van der Waals surface area contributed by atoms with Gasteiger partial charge in [-0.05, 0) is 45.6 Å². The van der Waals surface area contributed by atoms with Gasteiger partial charge in [0.1, 0.15) is 0 Å². The largest absolute Gasteiger partial charge is 0.376 e. The van der Waals surface area contributed by atoms with E-state index >= 15 is 0 Å². The molecule has 2 aliphatic rings. The Kier molecular flexibility index (Phi) is 5.90. The Hall–Kier alpha value is -0.340. The number of hydrogen-bond acceptors (Lipinski definition) is 2. The van der Waals surface area contributed by atoms with Crippen LogP contribution in [0.15, 0.2) is 11.6 Å². The van der Waals surface area contributed by atoms with E-state index in [2.05, 4.69) is 18.4 Å². The molecule has 0 heterocycles. The lowest BCUT2D eigenvalue weighted by molar-refractivity contribution is -0.0426. The molecule has 0 bridgehead atoms. The second-order valence-corrected chi connectivity index (χ2v) is 6.28. The Morgan fingerprint density at radius 2 is 1.74 bits per heavy atom. The number of methoxy groups -OCH3 is 1. The van der Waals surface area contributed by atoms with Crippen LogP contribution in [0.25, 0.3) is 0 Å². The lowest BCUT2D eigenvalue weighted by atomic mass is 9.80. The van der Waals surface area contributed by atoms with E-state index in [0.717, 1.165) is 0 Å². The highest BCUT2D eigenvalue weighted by Gasteiger charge is 2.40. The van der Waals surface area contributed by atoms with Crippen LogP contribution in [0.1, 0.15) is 70.6 Å². The zero-order valence-corrected chi connectivity index (χ0v) is 12.8. The summed E-state index contributed by atoms with van der Waals surface area (Å²) in [6.07, 6.45) is 16.9. The first kappa shape index (κ1) is 15.1. The van der Waals surface area contributed by atoms with E-state index in [1.54, 1.807) is 5.57 Å². The molecule has 0 aromatic rings. The van der Waals surface area contributed by atoms with Crippen molar-refractivity contribution >= 4 is 0 Å². The van der Waals surface area contributed by atoms with Crippen LogP contribution >= 0.6 is 0 Å².